The van der Waals surface area contributed by atoms with Crippen molar-refractivity contribution in [2.45, 2.75) is 44.7 Å². The lowest BCUT2D eigenvalue weighted by Gasteiger charge is -2.39. The minimum absolute atomic E-state index is 0.125. The Bertz CT molecular complexity index is 743. The molecule has 0 aromatic heterocycles. The summed E-state index contributed by atoms with van der Waals surface area (Å²) in [6.45, 7) is 1.47. The zero-order valence-corrected chi connectivity index (χ0v) is 14.8. The van der Waals surface area contributed by atoms with E-state index in [0.29, 0.717) is 26.1 Å². The molecule has 6 nitrogen and oxygen atoms in total. The van der Waals surface area contributed by atoms with Gasteiger partial charge >= 0.3 is 5.97 Å². The van der Waals surface area contributed by atoms with Crippen LogP contribution < -0.4 is 0 Å². The topological polar surface area (TPSA) is 77.9 Å². The maximum Gasteiger partial charge on any atom is 0.326 e. The fraction of sp³-hybridized carbons (Fsp3) is 0.550. The number of hydrogen-bond acceptors (Lipinski definition) is 3. The van der Waals surface area contributed by atoms with Gasteiger partial charge in [-0.3, -0.25) is 9.59 Å². The molecule has 1 saturated heterocycles. The first-order chi connectivity index (χ1) is 12.5. The van der Waals surface area contributed by atoms with Crippen molar-refractivity contribution in [3.63, 3.8) is 0 Å². The smallest absolute Gasteiger partial charge is 0.326 e. The average Bonchev–Trinajstić information content (AvgIpc) is 3.51. The van der Waals surface area contributed by atoms with Crippen molar-refractivity contribution >= 4 is 17.8 Å². The number of nitrogens with zero attached hydrogens (tertiary/aromatic N) is 2. The molecule has 2 amide bonds. The fourth-order valence-corrected chi connectivity index (χ4v) is 4.18. The van der Waals surface area contributed by atoms with E-state index in [9.17, 15) is 19.5 Å². The van der Waals surface area contributed by atoms with Gasteiger partial charge in [-0.05, 0) is 36.8 Å². The maximum atomic E-state index is 13.2. The molecule has 1 N–H and O–H groups in total. The molecular formula is C20H24N2O4. The monoisotopic (exact) mass is 356 g/mol. The van der Waals surface area contributed by atoms with Crippen molar-refractivity contribution in [1.29, 1.82) is 0 Å². The van der Waals surface area contributed by atoms with Crippen molar-refractivity contribution in [3.05, 3.63) is 35.4 Å². The summed E-state index contributed by atoms with van der Waals surface area (Å²) in [5.41, 5.74) is 2.01. The van der Waals surface area contributed by atoms with Crippen molar-refractivity contribution in [1.82, 2.24) is 9.80 Å². The predicted octanol–water partition coefficient (Wildman–Crippen LogP) is 1.67. The molecule has 0 bridgehead atoms. The van der Waals surface area contributed by atoms with E-state index in [1.165, 1.54) is 4.90 Å². The highest BCUT2D eigenvalue weighted by atomic mass is 16.4. The molecule has 1 saturated carbocycles. The van der Waals surface area contributed by atoms with Crippen LogP contribution in [-0.2, 0) is 27.3 Å². The molecule has 0 radical (unpaired) electrons. The Labute approximate surface area is 152 Å². The summed E-state index contributed by atoms with van der Waals surface area (Å²) in [6.07, 6.45) is 3.78. The molecule has 4 rings (SSSR count). The molecule has 0 spiro atoms. The minimum atomic E-state index is -0.963. The standard InChI is InChI=1S/C20H24N2O4/c23-18(13-7-8-13)21-9-3-6-16(11-21)19(24)22-12-15-5-2-1-4-14(15)10-17(22)20(25)26/h1-2,4-5,13,16-17H,3,6-12H2,(H,25,26). The van der Waals surface area contributed by atoms with Gasteiger partial charge in [-0.1, -0.05) is 24.3 Å². The first kappa shape index (κ1) is 17.1. The molecule has 1 aliphatic carbocycles. The van der Waals surface area contributed by atoms with E-state index in [2.05, 4.69) is 0 Å². The number of carbonyl (C=O) groups is 3. The summed E-state index contributed by atoms with van der Waals surface area (Å²) >= 11 is 0. The third kappa shape index (κ3) is 3.20. The fourth-order valence-electron chi connectivity index (χ4n) is 4.18. The van der Waals surface area contributed by atoms with E-state index in [-0.39, 0.29) is 23.7 Å². The Morgan fingerprint density at radius 1 is 0.962 bits per heavy atom. The van der Waals surface area contributed by atoms with Crippen molar-refractivity contribution in [3.8, 4) is 0 Å². The lowest BCUT2D eigenvalue weighted by molar-refractivity contribution is -0.155. The van der Waals surface area contributed by atoms with E-state index in [1.54, 1.807) is 0 Å². The summed E-state index contributed by atoms with van der Waals surface area (Å²) in [6, 6.07) is 6.88. The number of aliphatic carboxylic acids is 1. The zero-order valence-electron chi connectivity index (χ0n) is 14.8. The van der Waals surface area contributed by atoms with Gasteiger partial charge in [0, 0.05) is 32.0 Å². The predicted molar refractivity (Wildman–Crippen MR) is 94.1 cm³/mol. The summed E-state index contributed by atoms with van der Waals surface area (Å²) in [5, 5.41) is 9.64. The molecule has 138 valence electrons. The molecule has 6 heteroatoms. The summed E-state index contributed by atoms with van der Waals surface area (Å²) in [4.78, 5) is 40.6. The summed E-state index contributed by atoms with van der Waals surface area (Å²) in [7, 11) is 0. The van der Waals surface area contributed by atoms with E-state index < -0.39 is 12.0 Å². The van der Waals surface area contributed by atoms with Gasteiger partial charge < -0.3 is 14.9 Å². The third-order valence-electron chi connectivity index (χ3n) is 5.83. The van der Waals surface area contributed by atoms with Gasteiger partial charge in [0.05, 0.1) is 5.92 Å². The van der Waals surface area contributed by atoms with Gasteiger partial charge in [-0.15, -0.1) is 0 Å². The number of carbonyl (C=O) groups excluding carboxylic acids is 2. The highest BCUT2D eigenvalue weighted by Crippen LogP contribution is 2.33. The molecule has 2 aliphatic heterocycles. The second-order valence-electron chi connectivity index (χ2n) is 7.69. The van der Waals surface area contributed by atoms with Crippen LogP contribution in [0, 0.1) is 11.8 Å². The number of fused-ring (bicyclic) bond motifs is 1. The molecule has 2 fully saturated rings. The number of carboxylic acids is 1. The second-order valence-corrected chi connectivity index (χ2v) is 7.69. The average molecular weight is 356 g/mol. The van der Waals surface area contributed by atoms with Crippen LogP contribution >= 0.6 is 0 Å². The minimum Gasteiger partial charge on any atom is -0.480 e. The van der Waals surface area contributed by atoms with Gasteiger partial charge in [0.25, 0.3) is 0 Å². The van der Waals surface area contributed by atoms with E-state index >= 15 is 0 Å². The quantitative estimate of drug-likeness (QED) is 0.894. The highest BCUT2D eigenvalue weighted by molar-refractivity contribution is 5.87. The van der Waals surface area contributed by atoms with E-state index in [0.717, 1.165) is 36.8 Å². The number of likely N-dealkylation sites (tertiary alicyclic amines) is 1. The number of benzene rings is 1. The Kier molecular flexibility index (Phi) is 4.42. The molecular weight excluding hydrogens is 332 g/mol. The Balaban J connectivity index is 1.52. The second kappa shape index (κ2) is 6.74. The number of hydrogen-bond donors (Lipinski definition) is 1. The normalized spacial score (nSPS) is 25.5. The SMILES string of the molecule is O=C(O)C1Cc2ccccc2CN1C(=O)C1CCCN(C(=O)C2CC2)C1. The van der Waals surface area contributed by atoms with Crippen LogP contribution in [0.3, 0.4) is 0 Å². The summed E-state index contributed by atoms with van der Waals surface area (Å²) in [5.74, 6) is -1.06. The van der Waals surface area contributed by atoms with Crippen LogP contribution in [0.5, 0.6) is 0 Å². The van der Waals surface area contributed by atoms with E-state index in [4.69, 9.17) is 0 Å². The van der Waals surface area contributed by atoms with Crippen LogP contribution in [0.1, 0.15) is 36.8 Å². The Hall–Kier alpha value is -2.37. The Morgan fingerprint density at radius 3 is 2.38 bits per heavy atom. The van der Waals surface area contributed by atoms with Gasteiger partial charge in [-0.2, -0.15) is 0 Å². The lowest BCUT2D eigenvalue weighted by Crippen LogP contribution is -2.53. The molecule has 3 aliphatic rings. The zero-order chi connectivity index (χ0) is 18.3. The number of piperidine rings is 1. The number of amides is 2. The van der Waals surface area contributed by atoms with Gasteiger partial charge in [0.2, 0.25) is 11.8 Å². The van der Waals surface area contributed by atoms with E-state index in [1.807, 2.05) is 29.2 Å². The first-order valence-electron chi connectivity index (χ1n) is 9.43. The van der Waals surface area contributed by atoms with Crippen LogP contribution in [0.25, 0.3) is 0 Å². The van der Waals surface area contributed by atoms with Crippen molar-refractivity contribution < 1.29 is 19.5 Å². The van der Waals surface area contributed by atoms with Crippen molar-refractivity contribution in [2.24, 2.45) is 11.8 Å². The number of rotatable bonds is 3. The van der Waals surface area contributed by atoms with Crippen LogP contribution in [0.15, 0.2) is 24.3 Å². The molecule has 1 aromatic rings. The molecule has 2 atom stereocenters. The van der Waals surface area contributed by atoms with Crippen LogP contribution in [0.4, 0.5) is 0 Å². The number of carboxylic acid groups (broad SMARTS) is 1. The largest absolute Gasteiger partial charge is 0.480 e. The molecule has 26 heavy (non-hydrogen) atoms. The third-order valence-corrected chi connectivity index (χ3v) is 5.83. The molecule has 1 aromatic carbocycles. The maximum absolute atomic E-state index is 13.2. The van der Waals surface area contributed by atoms with Gasteiger partial charge in [-0.25, -0.2) is 4.79 Å². The first-order valence-corrected chi connectivity index (χ1v) is 9.43. The summed E-state index contributed by atoms with van der Waals surface area (Å²) < 4.78 is 0. The molecule has 2 heterocycles. The highest BCUT2D eigenvalue weighted by Gasteiger charge is 2.41. The van der Waals surface area contributed by atoms with Gasteiger partial charge in [0.1, 0.15) is 6.04 Å². The Morgan fingerprint density at radius 2 is 1.69 bits per heavy atom. The lowest BCUT2D eigenvalue weighted by atomic mass is 9.90. The van der Waals surface area contributed by atoms with Crippen LogP contribution in [-0.4, -0.2) is 51.8 Å². The van der Waals surface area contributed by atoms with Crippen molar-refractivity contribution in [2.75, 3.05) is 13.1 Å². The van der Waals surface area contributed by atoms with Gasteiger partial charge in [0.15, 0.2) is 0 Å². The molecule has 2 unspecified atom stereocenters. The van der Waals surface area contributed by atoms with Crippen LogP contribution in [0.2, 0.25) is 0 Å².